The zero-order chi connectivity index (χ0) is 29.7. The molecule has 6 aromatic carbocycles. The maximum Gasteiger partial charge on any atom is 0.160 e. The molecular formula is C41H30N2O. The van der Waals surface area contributed by atoms with Crippen LogP contribution in [0.15, 0.2) is 146 Å². The molecule has 0 amide bonds. The van der Waals surface area contributed by atoms with E-state index in [0.29, 0.717) is 0 Å². The smallest absolute Gasteiger partial charge is 0.160 e. The molecule has 0 aliphatic carbocycles. The van der Waals surface area contributed by atoms with Gasteiger partial charge >= 0.3 is 0 Å². The van der Waals surface area contributed by atoms with E-state index in [2.05, 4.69) is 123 Å². The third-order valence-electron chi connectivity index (χ3n) is 8.78. The van der Waals surface area contributed by atoms with Gasteiger partial charge < -0.3 is 4.74 Å². The molecule has 0 fully saturated rings. The van der Waals surface area contributed by atoms with Crippen molar-refractivity contribution in [1.82, 2.24) is 9.97 Å². The number of para-hydroxylation sites is 2. The largest absolute Gasteiger partial charge is 0.457 e. The lowest BCUT2D eigenvalue weighted by molar-refractivity contribution is 0.418. The molecule has 7 aromatic rings. The van der Waals surface area contributed by atoms with Crippen LogP contribution in [0.25, 0.3) is 55.8 Å². The Hall–Kier alpha value is -5.54. The van der Waals surface area contributed by atoms with Gasteiger partial charge in [-0.2, -0.15) is 0 Å². The normalized spacial score (nSPS) is 13.1. The standard InChI is InChI=1S/C41H30N2O/c1-41(2)34-17-9-11-19-37(34)44-38-26-30(24-25-35(38)41)32-15-7-6-14-31(32)27-20-22-28(23-21-27)39-33-16-8-10-18-36(33)42-40(43-39)29-12-4-3-5-13-29/h3-26H,1-2H3. The van der Waals surface area contributed by atoms with E-state index in [9.17, 15) is 0 Å². The van der Waals surface area contributed by atoms with Crippen LogP contribution >= 0.6 is 0 Å². The van der Waals surface area contributed by atoms with Crippen LogP contribution in [0.3, 0.4) is 0 Å². The van der Waals surface area contributed by atoms with E-state index < -0.39 is 0 Å². The lowest BCUT2D eigenvalue weighted by atomic mass is 9.75. The molecule has 1 aliphatic rings. The molecule has 3 heteroatoms. The molecule has 1 aliphatic heterocycles. The van der Waals surface area contributed by atoms with Gasteiger partial charge in [0, 0.05) is 33.1 Å². The number of hydrogen-bond donors (Lipinski definition) is 0. The van der Waals surface area contributed by atoms with E-state index in [1.54, 1.807) is 0 Å². The average molecular weight is 567 g/mol. The molecule has 210 valence electrons. The summed E-state index contributed by atoms with van der Waals surface area (Å²) in [4.78, 5) is 9.93. The van der Waals surface area contributed by atoms with Crippen LogP contribution in [0.4, 0.5) is 0 Å². The minimum atomic E-state index is -0.135. The summed E-state index contributed by atoms with van der Waals surface area (Å²) in [6.45, 7) is 4.54. The minimum absolute atomic E-state index is 0.135. The van der Waals surface area contributed by atoms with Crippen molar-refractivity contribution in [2.45, 2.75) is 19.3 Å². The van der Waals surface area contributed by atoms with E-state index in [4.69, 9.17) is 14.7 Å². The number of nitrogens with zero attached hydrogens (tertiary/aromatic N) is 2. The van der Waals surface area contributed by atoms with Crippen molar-refractivity contribution in [3.05, 3.63) is 157 Å². The topological polar surface area (TPSA) is 35.0 Å². The number of hydrogen-bond acceptors (Lipinski definition) is 3. The summed E-state index contributed by atoms with van der Waals surface area (Å²) in [7, 11) is 0. The summed E-state index contributed by atoms with van der Waals surface area (Å²) in [5.74, 6) is 2.58. The lowest BCUT2D eigenvalue weighted by Crippen LogP contribution is -2.24. The van der Waals surface area contributed by atoms with Gasteiger partial charge in [-0.15, -0.1) is 0 Å². The summed E-state index contributed by atoms with van der Waals surface area (Å²) in [6.07, 6.45) is 0. The van der Waals surface area contributed by atoms with Crippen molar-refractivity contribution in [3.63, 3.8) is 0 Å². The predicted octanol–water partition coefficient (Wildman–Crippen LogP) is 10.7. The molecule has 2 heterocycles. The number of fused-ring (bicyclic) bond motifs is 3. The van der Waals surface area contributed by atoms with Gasteiger partial charge in [0.25, 0.3) is 0 Å². The molecule has 1 aromatic heterocycles. The number of ether oxygens (including phenoxy) is 1. The minimum Gasteiger partial charge on any atom is -0.457 e. The number of aromatic nitrogens is 2. The van der Waals surface area contributed by atoms with Crippen molar-refractivity contribution in [2.24, 2.45) is 0 Å². The highest BCUT2D eigenvalue weighted by atomic mass is 16.5. The van der Waals surface area contributed by atoms with Crippen LogP contribution in [0, 0.1) is 0 Å². The Labute approximate surface area is 257 Å². The Bertz CT molecular complexity index is 2160. The van der Waals surface area contributed by atoms with Gasteiger partial charge in [0.1, 0.15) is 11.5 Å². The summed E-state index contributed by atoms with van der Waals surface area (Å²) in [5, 5.41) is 1.04. The van der Waals surface area contributed by atoms with Crippen molar-refractivity contribution in [2.75, 3.05) is 0 Å². The first-order valence-corrected chi connectivity index (χ1v) is 15.0. The van der Waals surface area contributed by atoms with Crippen LogP contribution in [-0.2, 0) is 5.41 Å². The van der Waals surface area contributed by atoms with Crippen LogP contribution in [0.5, 0.6) is 11.5 Å². The van der Waals surface area contributed by atoms with Crippen LogP contribution in [-0.4, -0.2) is 9.97 Å². The molecule has 3 nitrogen and oxygen atoms in total. The Morgan fingerprint density at radius 1 is 0.477 bits per heavy atom. The van der Waals surface area contributed by atoms with Gasteiger partial charge in [0.05, 0.1) is 11.2 Å². The van der Waals surface area contributed by atoms with Crippen molar-refractivity contribution < 1.29 is 4.74 Å². The van der Waals surface area contributed by atoms with E-state index >= 15 is 0 Å². The van der Waals surface area contributed by atoms with Gasteiger partial charge in [-0.25, -0.2) is 9.97 Å². The molecule has 44 heavy (non-hydrogen) atoms. The highest BCUT2D eigenvalue weighted by Gasteiger charge is 2.34. The van der Waals surface area contributed by atoms with Crippen LogP contribution < -0.4 is 4.74 Å². The summed E-state index contributed by atoms with van der Waals surface area (Å²) in [6, 6.07) is 50.7. The van der Waals surface area contributed by atoms with E-state index in [1.807, 2.05) is 36.4 Å². The monoisotopic (exact) mass is 566 g/mol. The Morgan fingerprint density at radius 2 is 1.09 bits per heavy atom. The van der Waals surface area contributed by atoms with E-state index in [1.165, 1.54) is 22.3 Å². The van der Waals surface area contributed by atoms with Crippen molar-refractivity contribution >= 4 is 10.9 Å². The molecule has 0 radical (unpaired) electrons. The molecule has 0 saturated heterocycles. The van der Waals surface area contributed by atoms with Gasteiger partial charge in [0.15, 0.2) is 5.82 Å². The second-order valence-electron chi connectivity index (χ2n) is 11.8. The summed E-state index contributed by atoms with van der Waals surface area (Å²) >= 11 is 0. The van der Waals surface area contributed by atoms with Crippen molar-refractivity contribution in [3.8, 4) is 56.4 Å². The van der Waals surface area contributed by atoms with Crippen LogP contribution in [0.1, 0.15) is 25.0 Å². The molecule has 0 N–H and O–H groups in total. The van der Waals surface area contributed by atoms with Gasteiger partial charge in [-0.3, -0.25) is 0 Å². The molecular weight excluding hydrogens is 536 g/mol. The SMILES string of the molecule is CC1(C)c2ccccc2Oc2cc(-c3ccccc3-c3ccc(-c4nc(-c5ccccc5)nc5ccccc45)cc3)ccc21. The molecule has 0 bridgehead atoms. The second kappa shape index (κ2) is 10.3. The summed E-state index contributed by atoms with van der Waals surface area (Å²) in [5.41, 5.74) is 10.8. The molecule has 0 spiro atoms. The number of benzene rings is 6. The van der Waals surface area contributed by atoms with Gasteiger partial charge in [-0.1, -0.05) is 141 Å². The maximum absolute atomic E-state index is 6.45. The maximum atomic E-state index is 6.45. The van der Waals surface area contributed by atoms with E-state index in [0.717, 1.165) is 56.2 Å². The third kappa shape index (κ3) is 4.37. The first-order valence-electron chi connectivity index (χ1n) is 15.0. The lowest BCUT2D eigenvalue weighted by Gasteiger charge is -2.34. The Balaban J connectivity index is 1.18. The van der Waals surface area contributed by atoms with Gasteiger partial charge in [-0.05, 0) is 40.5 Å². The zero-order valence-electron chi connectivity index (χ0n) is 24.7. The average Bonchev–Trinajstić information content (AvgIpc) is 3.08. The van der Waals surface area contributed by atoms with Crippen LogP contribution in [0.2, 0.25) is 0 Å². The van der Waals surface area contributed by atoms with Gasteiger partial charge in [0.2, 0.25) is 0 Å². The quantitative estimate of drug-likeness (QED) is 0.213. The second-order valence-corrected chi connectivity index (χ2v) is 11.8. The Kier molecular flexibility index (Phi) is 6.13. The van der Waals surface area contributed by atoms with Crippen molar-refractivity contribution in [1.29, 1.82) is 0 Å². The zero-order valence-corrected chi connectivity index (χ0v) is 24.7. The summed E-state index contributed by atoms with van der Waals surface area (Å²) < 4.78 is 6.45. The molecule has 0 unspecified atom stereocenters. The third-order valence-corrected chi connectivity index (χ3v) is 8.78. The first kappa shape index (κ1) is 26.1. The fraction of sp³-hybridized carbons (Fsp3) is 0.0732. The first-order chi connectivity index (χ1) is 21.6. The number of rotatable bonds is 4. The predicted molar refractivity (Wildman–Crippen MR) is 180 cm³/mol. The molecule has 0 atom stereocenters. The molecule has 8 rings (SSSR count). The fourth-order valence-corrected chi connectivity index (χ4v) is 6.43. The fourth-order valence-electron chi connectivity index (χ4n) is 6.43. The molecule has 0 saturated carbocycles. The highest BCUT2D eigenvalue weighted by Crippen LogP contribution is 2.49. The highest BCUT2D eigenvalue weighted by molar-refractivity contribution is 5.94. The van der Waals surface area contributed by atoms with E-state index in [-0.39, 0.29) is 5.41 Å². The Morgan fingerprint density at radius 3 is 1.91 bits per heavy atom.